The smallest absolute Gasteiger partial charge is 0.352 e. The Kier molecular flexibility index (Phi) is 6.41. The Morgan fingerprint density at radius 1 is 1.06 bits per heavy atom. The zero-order valence-corrected chi connectivity index (χ0v) is 17.7. The number of nitrogens with one attached hydrogen (secondary N) is 1. The summed E-state index contributed by atoms with van der Waals surface area (Å²) in [4.78, 5) is 36.2. The molecular weight excluding hydrogens is 452 g/mol. The largest absolute Gasteiger partial charge is 0.485 e. The lowest BCUT2D eigenvalue weighted by molar-refractivity contribution is -0.384. The molecule has 0 aliphatic carbocycles. The van der Waals surface area contributed by atoms with Gasteiger partial charge in [-0.2, -0.15) is 0 Å². The zero-order valence-electron chi connectivity index (χ0n) is 17.0. The fourth-order valence-electron chi connectivity index (χ4n) is 3.15. The van der Waals surface area contributed by atoms with Crippen LogP contribution in [0.15, 0.2) is 72.8 Å². The first-order valence-electron chi connectivity index (χ1n) is 9.81. The van der Waals surface area contributed by atoms with Crippen LogP contribution in [-0.4, -0.2) is 29.5 Å². The summed E-state index contributed by atoms with van der Waals surface area (Å²) in [5.74, 6) is -0.582. The molecule has 0 bridgehead atoms. The van der Waals surface area contributed by atoms with Gasteiger partial charge in [-0.05, 0) is 18.2 Å². The number of fused-ring (bicyclic) bond motifs is 1. The Morgan fingerprint density at radius 2 is 1.76 bits per heavy atom. The van der Waals surface area contributed by atoms with E-state index in [2.05, 4.69) is 5.32 Å². The molecule has 168 valence electrons. The van der Waals surface area contributed by atoms with Crippen LogP contribution >= 0.6 is 11.6 Å². The van der Waals surface area contributed by atoms with Crippen molar-refractivity contribution >= 4 is 34.9 Å². The van der Waals surface area contributed by atoms with E-state index >= 15 is 0 Å². The maximum absolute atomic E-state index is 13.0. The van der Waals surface area contributed by atoms with Gasteiger partial charge in [0.2, 0.25) is 12.2 Å². The third kappa shape index (κ3) is 5.04. The maximum Gasteiger partial charge on any atom is 0.352 e. The van der Waals surface area contributed by atoms with Crippen LogP contribution in [0.4, 0.5) is 11.4 Å². The number of nitro benzene ring substituents is 1. The second-order valence-electron chi connectivity index (χ2n) is 7.00. The van der Waals surface area contributed by atoms with Crippen molar-refractivity contribution in [3.63, 3.8) is 0 Å². The Hall–Kier alpha value is -4.11. The number of nitro groups is 1. The lowest BCUT2D eigenvalue weighted by Gasteiger charge is -2.26. The monoisotopic (exact) mass is 468 g/mol. The number of rotatable bonds is 6. The number of ether oxygens (including phenoxy) is 3. The predicted molar refractivity (Wildman–Crippen MR) is 118 cm³/mol. The number of amides is 1. The van der Waals surface area contributed by atoms with Crippen molar-refractivity contribution in [3.8, 4) is 11.5 Å². The number of hydrogen-bond acceptors (Lipinski definition) is 7. The molecule has 1 amide bonds. The second-order valence-corrected chi connectivity index (χ2v) is 7.41. The molecule has 3 aromatic rings. The van der Waals surface area contributed by atoms with E-state index < -0.39 is 29.0 Å². The highest BCUT2D eigenvalue weighted by atomic mass is 35.5. The zero-order chi connectivity index (χ0) is 23.4. The molecule has 4 rings (SSSR count). The molecule has 0 radical (unpaired) electrons. The Bertz CT molecular complexity index is 1200. The number of halogens is 1. The lowest BCUT2D eigenvalue weighted by Crippen LogP contribution is -2.39. The van der Waals surface area contributed by atoms with Crippen LogP contribution in [0.25, 0.3) is 0 Å². The minimum absolute atomic E-state index is 0.0312. The summed E-state index contributed by atoms with van der Waals surface area (Å²) >= 11 is 6.08. The Balaban J connectivity index is 1.53. The molecule has 2 atom stereocenters. The summed E-state index contributed by atoms with van der Waals surface area (Å²) < 4.78 is 16.7. The summed E-state index contributed by atoms with van der Waals surface area (Å²) in [5.41, 5.74) is 0.327. The third-order valence-electron chi connectivity index (χ3n) is 4.77. The third-order valence-corrected chi connectivity index (χ3v) is 5.08. The van der Waals surface area contributed by atoms with Gasteiger partial charge in [-0.1, -0.05) is 54.1 Å². The molecule has 2 unspecified atom stereocenters. The quantitative estimate of drug-likeness (QED) is 0.325. The first kappa shape index (κ1) is 22.1. The summed E-state index contributed by atoms with van der Waals surface area (Å²) in [6.45, 7) is -0.0762. The summed E-state index contributed by atoms with van der Waals surface area (Å²) in [7, 11) is 0. The van der Waals surface area contributed by atoms with Gasteiger partial charge < -0.3 is 19.5 Å². The van der Waals surface area contributed by atoms with Gasteiger partial charge in [0.15, 0.2) is 11.5 Å². The molecule has 10 heteroatoms. The van der Waals surface area contributed by atoms with Gasteiger partial charge in [-0.15, -0.1) is 0 Å². The number of non-ortho nitro benzene ring substituents is 1. The van der Waals surface area contributed by atoms with Gasteiger partial charge in [-0.25, -0.2) is 4.79 Å². The number of nitrogens with zero attached hydrogens (tertiary/aromatic N) is 1. The SMILES string of the molecule is O=C(OC(C(=O)Nc1ccc([N+](=O)[O-])cc1Cl)c1ccccc1)C1COc2ccccc2O1. The van der Waals surface area contributed by atoms with Gasteiger partial charge in [0.1, 0.15) is 6.61 Å². The standard InChI is InChI=1S/C23H17ClN2O7/c24-16-12-15(26(29)30)10-11-17(16)25-22(27)21(14-6-2-1-3-7-14)33-23(28)20-13-31-18-8-4-5-9-19(18)32-20/h1-12,20-21H,13H2,(H,25,27). The summed E-state index contributed by atoms with van der Waals surface area (Å²) in [5, 5.41) is 13.4. The van der Waals surface area contributed by atoms with E-state index in [9.17, 15) is 19.7 Å². The van der Waals surface area contributed by atoms with Crippen LogP contribution in [0.1, 0.15) is 11.7 Å². The van der Waals surface area contributed by atoms with E-state index in [0.717, 1.165) is 6.07 Å². The number of carbonyl (C=O) groups is 2. The van der Waals surface area contributed by atoms with Crippen LogP contribution in [0.3, 0.4) is 0 Å². The second kappa shape index (κ2) is 9.58. The molecular formula is C23H17ClN2O7. The first-order valence-corrected chi connectivity index (χ1v) is 10.2. The van der Waals surface area contributed by atoms with Crippen LogP contribution in [-0.2, 0) is 14.3 Å². The number of benzene rings is 3. The van der Waals surface area contributed by atoms with Gasteiger partial charge in [0, 0.05) is 17.7 Å². The molecule has 9 nitrogen and oxygen atoms in total. The molecule has 1 heterocycles. The van der Waals surface area contributed by atoms with Crippen molar-refractivity contribution in [2.45, 2.75) is 12.2 Å². The number of para-hydroxylation sites is 2. The molecule has 1 aliphatic heterocycles. The van der Waals surface area contributed by atoms with E-state index in [-0.39, 0.29) is 23.0 Å². The fourth-order valence-corrected chi connectivity index (χ4v) is 3.37. The van der Waals surface area contributed by atoms with Crippen LogP contribution in [0.2, 0.25) is 5.02 Å². The van der Waals surface area contributed by atoms with Crippen molar-refractivity contribution < 1.29 is 28.7 Å². The molecule has 0 aromatic heterocycles. The van der Waals surface area contributed by atoms with Gasteiger partial charge >= 0.3 is 5.97 Å². The van der Waals surface area contributed by atoms with Crippen LogP contribution in [0, 0.1) is 10.1 Å². The van der Waals surface area contributed by atoms with Gasteiger partial charge in [0.25, 0.3) is 11.6 Å². The molecule has 0 spiro atoms. The molecule has 3 aromatic carbocycles. The van der Waals surface area contributed by atoms with Crippen LogP contribution < -0.4 is 14.8 Å². The molecule has 33 heavy (non-hydrogen) atoms. The minimum Gasteiger partial charge on any atom is -0.485 e. The number of esters is 1. The highest BCUT2D eigenvalue weighted by Crippen LogP contribution is 2.32. The number of carbonyl (C=O) groups excluding carboxylic acids is 2. The van der Waals surface area contributed by atoms with Crippen molar-refractivity contribution in [1.29, 1.82) is 0 Å². The lowest BCUT2D eigenvalue weighted by atomic mass is 10.1. The van der Waals surface area contributed by atoms with Crippen LogP contribution in [0.5, 0.6) is 11.5 Å². The van der Waals surface area contributed by atoms with E-state index in [1.54, 1.807) is 54.6 Å². The summed E-state index contributed by atoms with van der Waals surface area (Å²) in [6, 6.07) is 18.9. The van der Waals surface area contributed by atoms with E-state index in [1.807, 2.05) is 0 Å². The van der Waals surface area contributed by atoms with E-state index in [4.69, 9.17) is 25.8 Å². The first-order chi connectivity index (χ1) is 15.9. The highest BCUT2D eigenvalue weighted by Gasteiger charge is 2.33. The summed E-state index contributed by atoms with van der Waals surface area (Å²) in [6.07, 6.45) is -2.40. The van der Waals surface area contributed by atoms with Gasteiger partial charge in [-0.3, -0.25) is 14.9 Å². The average Bonchev–Trinajstić information content (AvgIpc) is 2.83. The van der Waals surface area contributed by atoms with Crippen molar-refractivity contribution in [3.05, 3.63) is 93.5 Å². The topological polar surface area (TPSA) is 117 Å². The number of anilines is 1. The fraction of sp³-hybridized carbons (Fsp3) is 0.130. The Morgan fingerprint density at radius 3 is 2.45 bits per heavy atom. The van der Waals surface area contributed by atoms with Crippen molar-refractivity contribution in [2.75, 3.05) is 11.9 Å². The minimum atomic E-state index is -1.33. The molecule has 1 N–H and O–H groups in total. The number of hydrogen-bond donors (Lipinski definition) is 1. The maximum atomic E-state index is 13.0. The average molecular weight is 469 g/mol. The molecule has 0 saturated carbocycles. The normalized spacial score (nSPS) is 15.2. The van der Waals surface area contributed by atoms with Gasteiger partial charge in [0.05, 0.1) is 15.6 Å². The molecule has 0 saturated heterocycles. The van der Waals surface area contributed by atoms with Crippen molar-refractivity contribution in [1.82, 2.24) is 0 Å². The Labute approximate surface area is 193 Å². The van der Waals surface area contributed by atoms with E-state index in [1.165, 1.54) is 12.1 Å². The highest BCUT2D eigenvalue weighted by molar-refractivity contribution is 6.34. The van der Waals surface area contributed by atoms with Crippen molar-refractivity contribution in [2.24, 2.45) is 0 Å². The molecule has 1 aliphatic rings. The molecule has 0 fully saturated rings. The van der Waals surface area contributed by atoms with E-state index in [0.29, 0.717) is 17.1 Å². The predicted octanol–water partition coefficient (Wildman–Crippen LogP) is 4.31.